The molecule has 0 radical (unpaired) electrons. The number of hydrogen-bond donors (Lipinski definition) is 2. The Morgan fingerprint density at radius 2 is 1.78 bits per heavy atom. The molecular formula is C13H18N2O2S. The highest BCUT2D eigenvalue weighted by atomic mass is 32.2. The predicted octanol–water partition coefficient (Wildman–Crippen LogP) is 2.26. The van der Waals surface area contributed by atoms with Crippen LogP contribution in [0.25, 0.3) is 0 Å². The third-order valence-corrected chi connectivity index (χ3v) is 3.36. The molecule has 0 aliphatic rings. The fraction of sp³-hybridized carbons (Fsp3) is 0.385. The minimum atomic E-state index is -0.476. The standard InChI is InChI=1S/C13H18N2O2S/c1-13(2,3)18-8-11(16)15-10-6-4-9(5-7-10)12(14)17/h4-7H,8H2,1-3H3,(H2,14,17)(H,15,16). The van der Waals surface area contributed by atoms with Gasteiger partial charge in [0.2, 0.25) is 11.8 Å². The summed E-state index contributed by atoms with van der Waals surface area (Å²) in [4.78, 5) is 22.5. The van der Waals surface area contributed by atoms with Crippen LogP contribution in [0.1, 0.15) is 31.1 Å². The highest BCUT2D eigenvalue weighted by Crippen LogP contribution is 2.23. The van der Waals surface area contributed by atoms with Crippen LogP contribution in [0.2, 0.25) is 0 Å². The van der Waals surface area contributed by atoms with E-state index in [0.717, 1.165) is 0 Å². The van der Waals surface area contributed by atoms with Gasteiger partial charge in [-0.15, -0.1) is 11.8 Å². The van der Waals surface area contributed by atoms with E-state index in [4.69, 9.17) is 5.73 Å². The molecule has 0 saturated heterocycles. The second kappa shape index (κ2) is 5.91. The molecule has 18 heavy (non-hydrogen) atoms. The Morgan fingerprint density at radius 1 is 1.22 bits per heavy atom. The van der Waals surface area contributed by atoms with Crippen molar-refractivity contribution in [2.45, 2.75) is 25.5 Å². The first kappa shape index (κ1) is 14.6. The molecule has 0 bridgehead atoms. The molecule has 2 amide bonds. The average molecular weight is 266 g/mol. The largest absolute Gasteiger partial charge is 0.366 e. The van der Waals surface area contributed by atoms with Gasteiger partial charge < -0.3 is 11.1 Å². The lowest BCUT2D eigenvalue weighted by atomic mass is 10.2. The summed E-state index contributed by atoms with van der Waals surface area (Å²) in [6, 6.07) is 6.52. The predicted molar refractivity (Wildman–Crippen MR) is 75.8 cm³/mol. The van der Waals surface area contributed by atoms with Gasteiger partial charge in [-0.3, -0.25) is 9.59 Å². The van der Waals surface area contributed by atoms with Gasteiger partial charge in [0.25, 0.3) is 0 Å². The first-order valence-electron chi connectivity index (χ1n) is 5.61. The van der Waals surface area contributed by atoms with Gasteiger partial charge in [0.05, 0.1) is 5.75 Å². The highest BCUT2D eigenvalue weighted by Gasteiger charge is 2.13. The molecule has 0 spiro atoms. The molecule has 5 heteroatoms. The Bertz CT molecular complexity index is 435. The number of nitrogens with two attached hydrogens (primary N) is 1. The summed E-state index contributed by atoms with van der Waals surface area (Å²) in [5.74, 6) is -0.126. The van der Waals surface area contributed by atoms with Crippen LogP contribution in [0.5, 0.6) is 0 Å². The van der Waals surface area contributed by atoms with E-state index in [0.29, 0.717) is 17.0 Å². The molecule has 3 N–H and O–H groups in total. The number of thioether (sulfide) groups is 1. The molecule has 0 fully saturated rings. The van der Waals surface area contributed by atoms with Crippen molar-refractivity contribution in [2.75, 3.05) is 11.1 Å². The Morgan fingerprint density at radius 3 is 2.22 bits per heavy atom. The van der Waals surface area contributed by atoms with Crippen molar-refractivity contribution in [3.63, 3.8) is 0 Å². The first-order valence-corrected chi connectivity index (χ1v) is 6.60. The van der Waals surface area contributed by atoms with Crippen LogP contribution in [-0.4, -0.2) is 22.3 Å². The zero-order valence-corrected chi connectivity index (χ0v) is 11.6. The Hall–Kier alpha value is -1.49. The molecule has 0 heterocycles. The van der Waals surface area contributed by atoms with Crippen molar-refractivity contribution in [1.82, 2.24) is 0 Å². The van der Waals surface area contributed by atoms with E-state index in [9.17, 15) is 9.59 Å². The van der Waals surface area contributed by atoms with E-state index in [1.54, 1.807) is 36.0 Å². The van der Waals surface area contributed by atoms with Gasteiger partial charge in [0.15, 0.2) is 0 Å². The molecule has 0 unspecified atom stereocenters. The Kier molecular flexibility index (Phi) is 4.78. The second-order valence-corrected chi connectivity index (χ2v) is 6.69. The summed E-state index contributed by atoms with van der Waals surface area (Å²) in [7, 11) is 0. The quantitative estimate of drug-likeness (QED) is 0.878. The summed E-state index contributed by atoms with van der Waals surface area (Å²) in [6.07, 6.45) is 0. The molecular weight excluding hydrogens is 248 g/mol. The van der Waals surface area contributed by atoms with Crippen molar-refractivity contribution in [1.29, 1.82) is 0 Å². The Balaban J connectivity index is 2.52. The van der Waals surface area contributed by atoms with E-state index >= 15 is 0 Å². The van der Waals surface area contributed by atoms with Crippen LogP contribution in [0, 0.1) is 0 Å². The summed E-state index contributed by atoms with van der Waals surface area (Å²) < 4.78 is 0.0627. The number of carbonyl (C=O) groups is 2. The first-order chi connectivity index (χ1) is 8.28. The molecule has 98 valence electrons. The lowest BCUT2D eigenvalue weighted by Gasteiger charge is -2.17. The summed E-state index contributed by atoms with van der Waals surface area (Å²) in [5, 5.41) is 2.77. The number of primary amides is 1. The molecule has 4 nitrogen and oxygen atoms in total. The van der Waals surface area contributed by atoms with Gasteiger partial charge in [-0.2, -0.15) is 0 Å². The smallest absolute Gasteiger partial charge is 0.248 e. The fourth-order valence-electron chi connectivity index (χ4n) is 1.20. The van der Waals surface area contributed by atoms with Gasteiger partial charge in [0, 0.05) is 16.0 Å². The maximum absolute atomic E-state index is 11.7. The maximum Gasteiger partial charge on any atom is 0.248 e. The average Bonchev–Trinajstić information content (AvgIpc) is 2.26. The Labute approximate surface area is 111 Å². The van der Waals surface area contributed by atoms with Crippen LogP contribution in [0.4, 0.5) is 5.69 Å². The van der Waals surface area contributed by atoms with Crippen molar-refractivity contribution < 1.29 is 9.59 Å². The van der Waals surface area contributed by atoms with E-state index in [1.165, 1.54) is 0 Å². The number of hydrogen-bond acceptors (Lipinski definition) is 3. The third-order valence-electron chi connectivity index (χ3n) is 2.09. The van der Waals surface area contributed by atoms with Gasteiger partial charge in [-0.1, -0.05) is 20.8 Å². The third kappa shape index (κ3) is 5.23. The zero-order valence-electron chi connectivity index (χ0n) is 10.8. The van der Waals surface area contributed by atoms with Crippen molar-refractivity contribution in [3.05, 3.63) is 29.8 Å². The minimum Gasteiger partial charge on any atom is -0.366 e. The van der Waals surface area contributed by atoms with Gasteiger partial charge >= 0.3 is 0 Å². The summed E-state index contributed by atoms with van der Waals surface area (Å²) in [6.45, 7) is 6.19. The van der Waals surface area contributed by atoms with Crippen LogP contribution in [-0.2, 0) is 4.79 Å². The van der Waals surface area contributed by atoms with Gasteiger partial charge in [-0.25, -0.2) is 0 Å². The van der Waals surface area contributed by atoms with Crippen LogP contribution in [0.15, 0.2) is 24.3 Å². The van der Waals surface area contributed by atoms with E-state index < -0.39 is 5.91 Å². The lowest BCUT2D eigenvalue weighted by molar-refractivity contribution is -0.113. The summed E-state index contributed by atoms with van der Waals surface area (Å²) in [5.41, 5.74) is 6.23. The molecule has 1 aromatic rings. The van der Waals surface area contributed by atoms with Gasteiger partial charge in [0.1, 0.15) is 0 Å². The zero-order chi connectivity index (χ0) is 13.8. The molecule has 1 rings (SSSR count). The molecule has 0 aliphatic carbocycles. The number of anilines is 1. The number of amides is 2. The monoisotopic (exact) mass is 266 g/mol. The number of rotatable bonds is 4. The summed E-state index contributed by atoms with van der Waals surface area (Å²) >= 11 is 1.58. The SMILES string of the molecule is CC(C)(C)SCC(=O)Nc1ccc(C(N)=O)cc1. The van der Waals surface area contributed by atoms with Gasteiger partial charge in [-0.05, 0) is 24.3 Å². The van der Waals surface area contributed by atoms with Crippen molar-refractivity contribution in [3.8, 4) is 0 Å². The number of benzene rings is 1. The molecule has 0 atom stereocenters. The molecule has 1 aromatic carbocycles. The van der Waals surface area contributed by atoms with Crippen LogP contribution in [0.3, 0.4) is 0 Å². The van der Waals surface area contributed by atoms with E-state index in [2.05, 4.69) is 26.1 Å². The van der Waals surface area contributed by atoms with E-state index in [1.807, 2.05) is 0 Å². The maximum atomic E-state index is 11.7. The fourth-order valence-corrected chi connectivity index (χ4v) is 1.83. The normalized spacial score (nSPS) is 11.1. The molecule has 0 aromatic heterocycles. The number of nitrogens with one attached hydrogen (secondary N) is 1. The highest BCUT2D eigenvalue weighted by molar-refractivity contribution is 8.01. The van der Waals surface area contributed by atoms with Crippen LogP contribution >= 0.6 is 11.8 Å². The molecule has 0 aliphatic heterocycles. The van der Waals surface area contributed by atoms with Crippen molar-refractivity contribution >= 4 is 29.3 Å². The topological polar surface area (TPSA) is 72.2 Å². The number of carbonyl (C=O) groups excluding carboxylic acids is 2. The van der Waals surface area contributed by atoms with E-state index in [-0.39, 0.29) is 10.7 Å². The molecule has 0 saturated carbocycles. The lowest BCUT2D eigenvalue weighted by Crippen LogP contribution is -2.19. The van der Waals surface area contributed by atoms with Crippen molar-refractivity contribution in [2.24, 2.45) is 5.73 Å². The second-order valence-electron chi connectivity index (χ2n) is 4.89. The van der Waals surface area contributed by atoms with Crippen LogP contribution < -0.4 is 11.1 Å². The minimum absolute atomic E-state index is 0.0539.